The number of hydrogen-bond acceptors (Lipinski definition) is 3. The van der Waals surface area contributed by atoms with E-state index in [0.29, 0.717) is 11.5 Å². The van der Waals surface area contributed by atoms with Gasteiger partial charge in [-0.3, -0.25) is 0 Å². The summed E-state index contributed by atoms with van der Waals surface area (Å²) in [5, 5.41) is 3.74. The first-order valence-corrected chi connectivity index (χ1v) is 9.11. The molecule has 1 heterocycles. The normalized spacial score (nSPS) is 31.4. The number of piperidine rings is 1. The van der Waals surface area contributed by atoms with E-state index >= 15 is 0 Å². The van der Waals surface area contributed by atoms with Gasteiger partial charge in [0, 0.05) is 32.3 Å². The van der Waals surface area contributed by atoms with E-state index in [9.17, 15) is 0 Å². The van der Waals surface area contributed by atoms with Crippen LogP contribution in [0.3, 0.4) is 0 Å². The van der Waals surface area contributed by atoms with Crippen molar-refractivity contribution in [2.75, 3.05) is 32.8 Å². The third kappa shape index (κ3) is 5.22. The maximum absolute atomic E-state index is 5.77. The average Bonchev–Trinajstić information content (AvgIpc) is 2.44. The lowest BCUT2D eigenvalue weighted by Crippen LogP contribution is -2.49. The van der Waals surface area contributed by atoms with E-state index < -0.39 is 0 Å². The molecule has 21 heavy (non-hydrogen) atoms. The summed E-state index contributed by atoms with van der Waals surface area (Å²) in [6.45, 7) is 14.9. The molecule has 0 bridgehead atoms. The zero-order valence-corrected chi connectivity index (χ0v) is 14.7. The van der Waals surface area contributed by atoms with Crippen molar-refractivity contribution in [3.63, 3.8) is 0 Å². The summed E-state index contributed by atoms with van der Waals surface area (Å²) in [7, 11) is 0. The topological polar surface area (TPSA) is 24.5 Å². The molecule has 0 aromatic carbocycles. The summed E-state index contributed by atoms with van der Waals surface area (Å²) >= 11 is 0. The fraction of sp³-hybridized carbons (Fsp3) is 1.00. The molecule has 1 aliphatic heterocycles. The van der Waals surface area contributed by atoms with Crippen LogP contribution in [0.2, 0.25) is 0 Å². The smallest absolute Gasteiger partial charge is 0.0599 e. The van der Waals surface area contributed by atoms with Crippen LogP contribution < -0.4 is 5.32 Å². The molecule has 0 aromatic rings. The van der Waals surface area contributed by atoms with E-state index in [1.54, 1.807) is 0 Å². The van der Waals surface area contributed by atoms with Crippen molar-refractivity contribution >= 4 is 0 Å². The highest BCUT2D eigenvalue weighted by molar-refractivity contribution is 4.90. The molecule has 0 amide bonds. The van der Waals surface area contributed by atoms with Crippen molar-refractivity contribution in [3.8, 4) is 0 Å². The monoisotopic (exact) mass is 296 g/mol. The molecular formula is C18H36N2O. The molecule has 124 valence electrons. The third-order valence-corrected chi connectivity index (χ3v) is 5.41. The number of ether oxygens (including phenoxy) is 1. The average molecular weight is 296 g/mol. The van der Waals surface area contributed by atoms with Gasteiger partial charge in [0.2, 0.25) is 0 Å². The van der Waals surface area contributed by atoms with Gasteiger partial charge in [-0.05, 0) is 56.9 Å². The second-order valence-corrected chi connectivity index (χ2v) is 7.79. The first-order valence-electron chi connectivity index (χ1n) is 9.11. The van der Waals surface area contributed by atoms with Gasteiger partial charge in [0.1, 0.15) is 0 Å². The van der Waals surface area contributed by atoms with Gasteiger partial charge in [-0.25, -0.2) is 0 Å². The minimum absolute atomic E-state index is 0.513. The minimum Gasteiger partial charge on any atom is -0.378 e. The Balaban J connectivity index is 1.84. The molecule has 1 saturated carbocycles. The number of nitrogens with zero attached hydrogens (tertiary/aromatic N) is 1. The fourth-order valence-electron chi connectivity index (χ4n) is 4.28. The number of likely N-dealkylation sites (tertiary alicyclic amines) is 1. The van der Waals surface area contributed by atoms with Crippen LogP contribution >= 0.6 is 0 Å². The molecule has 2 unspecified atom stereocenters. The molecule has 3 nitrogen and oxygen atoms in total. The van der Waals surface area contributed by atoms with Crippen molar-refractivity contribution in [2.24, 2.45) is 11.3 Å². The van der Waals surface area contributed by atoms with Crippen LogP contribution in [-0.2, 0) is 4.74 Å². The summed E-state index contributed by atoms with van der Waals surface area (Å²) < 4.78 is 5.77. The Morgan fingerprint density at radius 3 is 2.48 bits per heavy atom. The molecule has 0 spiro atoms. The van der Waals surface area contributed by atoms with Crippen molar-refractivity contribution in [1.29, 1.82) is 0 Å². The van der Waals surface area contributed by atoms with E-state index in [4.69, 9.17) is 4.74 Å². The lowest BCUT2D eigenvalue weighted by molar-refractivity contribution is 0.00443. The molecule has 0 aromatic heterocycles. The van der Waals surface area contributed by atoms with Crippen LogP contribution in [0.25, 0.3) is 0 Å². The summed E-state index contributed by atoms with van der Waals surface area (Å²) in [4.78, 5) is 2.69. The Morgan fingerprint density at radius 1 is 1.14 bits per heavy atom. The van der Waals surface area contributed by atoms with Gasteiger partial charge < -0.3 is 15.0 Å². The van der Waals surface area contributed by atoms with Gasteiger partial charge >= 0.3 is 0 Å². The van der Waals surface area contributed by atoms with Gasteiger partial charge in [-0.1, -0.05) is 20.8 Å². The Hall–Kier alpha value is -0.120. The van der Waals surface area contributed by atoms with Crippen LogP contribution in [0.4, 0.5) is 0 Å². The van der Waals surface area contributed by atoms with E-state index in [0.717, 1.165) is 25.1 Å². The number of nitrogens with one attached hydrogen (secondary N) is 1. The highest BCUT2D eigenvalue weighted by atomic mass is 16.5. The maximum Gasteiger partial charge on any atom is 0.0599 e. The standard InChI is InChI=1S/C18H36N2O/c1-5-19-17-7-10-18(3,4)13-15(17)14-20-11-8-16(9-12-20)21-6-2/h15-17,19H,5-14H2,1-4H3. The second-order valence-electron chi connectivity index (χ2n) is 7.79. The SMILES string of the molecule is CCNC1CCC(C)(C)CC1CN1CCC(OCC)CC1. The molecule has 0 radical (unpaired) electrons. The zero-order chi connectivity index (χ0) is 15.3. The van der Waals surface area contributed by atoms with Crippen molar-refractivity contribution in [2.45, 2.75) is 71.9 Å². The van der Waals surface area contributed by atoms with Crippen LogP contribution in [-0.4, -0.2) is 49.8 Å². The van der Waals surface area contributed by atoms with Crippen LogP contribution in [0.1, 0.15) is 59.8 Å². The lowest BCUT2D eigenvalue weighted by Gasteiger charge is -2.44. The minimum atomic E-state index is 0.513. The molecule has 2 rings (SSSR count). The molecular weight excluding hydrogens is 260 g/mol. The molecule has 1 N–H and O–H groups in total. The number of hydrogen-bond donors (Lipinski definition) is 1. The summed E-state index contributed by atoms with van der Waals surface area (Å²) in [6.07, 6.45) is 7.04. The predicted molar refractivity (Wildman–Crippen MR) is 89.7 cm³/mol. The van der Waals surface area contributed by atoms with Gasteiger partial charge in [-0.15, -0.1) is 0 Å². The van der Waals surface area contributed by atoms with E-state index in [1.807, 2.05) is 0 Å². The predicted octanol–water partition coefficient (Wildman–Crippen LogP) is 3.29. The van der Waals surface area contributed by atoms with E-state index in [-0.39, 0.29) is 0 Å². The first-order chi connectivity index (χ1) is 10.0. The fourth-order valence-corrected chi connectivity index (χ4v) is 4.28. The van der Waals surface area contributed by atoms with Gasteiger partial charge in [-0.2, -0.15) is 0 Å². The molecule has 2 atom stereocenters. The van der Waals surface area contributed by atoms with Crippen LogP contribution in [0.15, 0.2) is 0 Å². The van der Waals surface area contributed by atoms with Crippen molar-refractivity contribution < 1.29 is 4.74 Å². The zero-order valence-electron chi connectivity index (χ0n) is 14.7. The second kappa shape index (κ2) is 7.94. The summed E-state index contributed by atoms with van der Waals surface area (Å²) in [5.41, 5.74) is 0.528. The van der Waals surface area contributed by atoms with Gasteiger partial charge in [0.15, 0.2) is 0 Å². The highest BCUT2D eigenvalue weighted by Gasteiger charge is 2.35. The Morgan fingerprint density at radius 2 is 1.86 bits per heavy atom. The maximum atomic E-state index is 5.77. The lowest BCUT2D eigenvalue weighted by atomic mass is 9.69. The van der Waals surface area contributed by atoms with Crippen LogP contribution in [0, 0.1) is 11.3 Å². The largest absolute Gasteiger partial charge is 0.378 e. The van der Waals surface area contributed by atoms with E-state index in [2.05, 4.69) is 37.9 Å². The summed E-state index contributed by atoms with van der Waals surface area (Å²) in [6, 6.07) is 0.729. The molecule has 3 heteroatoms. The number of rotatable bonds is 6. The third-order valence-electron chi connectivity index (χ3n) is 5.41. The Kier molecular flexibility index (Phi) is 6.51. The van der Waals surface area contributed by atoms with Crippen molar-refractivity contribution in [1.82, 2.24) is 10.2 Å². The van der Waals surface area contributed by atoms with Crippen molar-refractivity contribution in [3.05, 3.63) is 0 Å². The highest BCUT2D eigenvalue weighted by Crippen LogP contribution is 2.39. The molecule has 1 aliphatic carbocycles. The van der Waals surface area contributed by atoms with Crippen LogP contribution in [0.5, 0.6) is 0 Å². The Bertz CT molecular complexity index is 298. The Labute approximate surface area is 131 Å². The van der Waals surface area contributed by atoms with Gasteiger partial charge in [0.05, 0.1) is 6.10 Å². The quantitative estimate of drug-likeness (QED) is 0.814. The molecule has 2 aliphatic rings. The molecule has 1 saturated heterocycles. The first kappa shape index (κ1) is 17.2. The molecule has 2 fully saturated rings. The van der Waals surface area contributed by atoms with Gasteiger partial charge in [0.25, 0.3) is 0 Å². The summed E-state index contributed by atoms with van der Waals surface area (Å²) in [5.74, 6) is 0.817. The van der Waals surface area contributed by atoms with E-state index in [1.165, 1.54) is 51.7 Å².